The van der Waals surface area contributed by atoms with Gasteiger partial charge in [0, 0.05) is 19.1 Å². The second-order valence-electron chi connectivity index (χ2n) is 5.92. The van der Waals surface area contributed by atoms with Gasteiger partial charge in [0.1, 0.15) is 0 Å². The zero-order valence-corrected chi connectivity index (χ0v) is 12.9. The van der Waals surface area contributed by atoms with Crippen LogP contribution in [0, 0.1) is 5.92 Å². The third-order valence-electron chi connectivity index (χ3n) is 4.31. The van der Waals surface area contributed by atoms with Crippen molar-refractivity contribution >= 4 is 5.91 Å². The molecule has 0 bridgehead atoms. The minimum atomic E-state index is -0.249. The van der Waals surface area contributed by atoms with Crippen LogP contribution in [-0.4, -0.2) is 37.0 Å². The van der Waals surface area contributed by atoms with E-state index in [2.05, 4.69) is 10.2 Å². The Morgan fingerprint density at radius 1 is 1.24 bits per heavy atom. The second-order valence-corrected chi connectivity index (χ2v) is 5.92. The number of likely N-dealkylation sites (tertiary alicyclic amines) is 1. The Labute approximate surface area is 127 Å². The molecule has 1 aliphatic rings. The van der Waals surface area contributed by atoms with E-state index in [4.69, 9.17) is 5.73 Å². The summed E-state index contributed by atoms with van der Waals surface area (Å²) in [5.74, 6) is -0.169. The summed E-state index contributed by atoms with van der Waals surface area (Å²) in [4.78, 5) is 14.6. The number of amides is 1. The predicted molar refractivity (Wildman–Crippen MR) is 85.8 cm³/mol. The second kappa shape index (κ2) is 8.15. The molecule has 4 nitrogen and oxygen atoms in total. The topological polar surface area (TPSA) is 58.4 Å². The highest BCUT2D eigenvalue weighted by Crippen LogP contribution is 2.18. The molecule has 1 aromatic carbocycles. The first-order valence-electron chi connectivity index (χ1n) is 7.99. The molecule has 1 amide bonds. The van der Waals surface area contributed by atoms with Crippen LogP contribution < -0.4 is 11.1 Å². The molecule has 1 saturated heterocycles. The van der Waals surface area contributed by atoms with Gasteiger partial charge in [-0.25, -0.2) is 0 Å². The van der Waals surface area contributed by atoms with Gasteiger partial charge in [-0.15, -0.1) is 0 Å². The Hall–Kier alpha value is -1.39. The van der Waals surface area contributed by atoms with Crippen molar-refractivity contribution < 1.29 is 4.79 Å². The monoisotopic (exact) mass is 289 g/mol. The number of nitrogens with one attached hydrogen (secondary N) is 1. The van der Waals surface area contributed by atoms with Gasteiger partial charge in [-0.1, -0.05) is 43.7 Å². The summed E-state index contributed by atoms with van der Waals surface area (Å²) in [5, 5.41) is 3.02. The van der Waals surface area contributed by atoms with Gasteiger partial charge >= 0.3 is 0 Å². The quantitative estimate of drug-likeness (QED) is 0.841. The molecule has 0 saturated carbocycles. The molecule has 0 aromatic heterocycles. The molecular formula is C17H27N3O. The molecule has 116 valence electrons. The Morgan fingerprint density at radius 2 is 1.90 bits per heavy atom. The van der Waals surface area contributed by atoms with E-state index in [-0.39, 0.29) is 17.9 Å². The van der Waals surface area contributed by atoms with Crippen LogP contribution in [0.5, 0.6) is 0 Å². The van der Waals surface area contributed by atoms with Crippen LogP contribution in [0.25, 0.3) is 0 Å². The van der Waals surface area contributed by atoms with Crippen molar-refractivity contribution in [2.75, 3.05) is 26.2 Å². The van der Waals surface area contributed by atoms with Gasteiger partial charge < -0.3 is 16.0 Å². The number of hydrogen-bond donors (Lipinski definition) is 2. The molecule has 2 unspecified atom stereocenters. The van der Waals surface area contributed by atoms with Crippen LogP contribution in [0.15, 0.2) is 30.3 Å². The molecule has 3 N–H and O–H groups in total. The number of nitrogens with zero attached hydrogens (tertiary/aromatic N) is 1. The van der Waals surface area contributed by atoms with E-state index in [1.807, 2.05) is 37.3 Å². The average Bonchev–Trinajstić information content (AvgIpc) is 2.55. The van der Waals surface area contributed by atoms with Crippen molar-refractivity contribution in [1.29, 1.82) is 0 Å². The van der Waals surface area contributed by atoms with Crippen molar-refractivity contribution in [3.05, 3.63) is 35.9 Å². The number of benzene rings is 1. The lowest BCUT2D eigenvalue weighted by Gasteiger charge is -2.27. The number of rotatable bonds is 6. The predicted octanol–water partition coefficient (Wildman–Crippen LogP) is 1.92. The summed E-state index contributed by atoms with van der Waals surface area (Å²) in [6, 6.07) is 9.57. The van der Waals surface area contributed by atoms with Gasteiger partial charge in [-0.2, -0.15) is 0 Å². The van der Waals surface area contributed by atoms with E-state index in [1.165, 1.54) is 19.3 Å². The molecule has 2 atom stereocenters. The minimum absolute atomic E-state index is 0.0448. The first-order chi connectivity index (χ1) is 10.2. The standard InChI is InChI=1S/C17H27N3O/c1-14(16(18)15-8-4-2-5-9-15)17(21)19-10-13-20-11-6-3-7-12-20/h2,4-5,8-9,14,16H,3,6-7,10-13,18H2,1H3,(H,19,21). The van der Waals surface area contributed by atoms with Gasteiger partial charge in [0.2, 0.25) is 5.91 Å². The van der Waals surface area contributed by atoms with Gasteiger partial charge in [0.05, 0.1) is 5.92 Å². The molecule has 2 rings (SSSR count). The van der Waals surface area contributed by atoms with Crippen molar-refractivity contribution in [2.24, 2.45) is 11.7 Å². The Bertz CT molecular complexity index is 429. The molecule has 0 spiro atoms. The number of hydrogen-bond acceptors (Lipinski definition) is 3. The fraction of sp³-hybridized carbons (Fsp3) is 0.588. The lowest BCUT2D eigenvalue weighted by atomic mass is 9.95. The highest BCUT2D eigenvalue weighted by atomic mass is 16.1. The average molecular weight is 289 g/mol. The Kier molecular flexibility index (Phi) is 6.21. The van der Waals surface area contributed by atoms with Gasteiger partial charge in [-0.05, 0) is 31.5 Å². The zero-order chi connectivity index (χ0) is 15.1. The summed E-state index contributed by atoms with van der Waals surface area (Å²) >= 11 is 0. The van der Waals surface area contributed by atoms with Crippen molar-refractivity contribution in [3.8, 4) is 0 Å². The number of carbonyl (C=O) groups is 1. The maximum atomic E-state index is 12.2. The zero-order valence-electron chi connectivity index (χ0n) is 12.9. The maximum absolute atomic E-state index is 12.2. The van der Waals surface area contributed by atoms with E-state index in [1.54, 1.807) is 0 Å². The smallest absolute Gasteiger partial charge is 0.224 e. The molecule has 4 heteroatoms. The summed E-state index contributed by atoms with van der Waals surface area (Å²) in [6.07, 6.45) is 3.90. The molecule has 0 aliphatic carbocycles. The number of nitrogens with two attached hydrogens (primary N) is 1. The lowest BCUT2D eigenvalue weighted by molar-refractivity contribution is -0.125. The normalized spacial score (nSPS) is 19.0. The molecule has 0 radical (unpaired) electrons. The molecule has 1 aromatic rings. The largest absolute Gasteiger partial charge is 0.355 e. The molecule has 21 heavy (non-hydrogen) atoms. The SMILES string of the molecule is CC(C(=O)NCCN1CCCCC1)C(N)c1ccccc1. The van der Waals surface area contributed by atoms with E-state index >= 15 is 0 Å². The van der Waals surface area contributed by atoms with E-state index in [9.17, 15) is 4.79 Å². The van der Waals surface area contributed by atoms with Crippen LogP contribution in [0.1, 0.15) is 37.8 Å². The minimum Gasteiger partial charge on any atom is -0.355 e. The summed E-state index contributed by atoms with van der Waals surface area (Å²) in [7, 11) is 0. The third kappa shape index (κ3) is 4.83. The third-order valence-corrected chi connectivity index (χ3v) is 4.31. The lowest BCUT2D eigenvalue weighted by Crippen LogP contribution is -2.41. The van der Waals surface area contributed by atoms with Crippen LogP contribution in [-0.2, 0) is 4.79 Å². The maximum Gasteiger partial charge on any atom is 0.224 e. The van der Waals surface area contributed by atoms with E-state index in [0.717, 1.165) is 25.2 Å². The fourth-order valence-corrected chi connectivity index (χ4v) is 2.81. The van der Waals surface area contributed by atoms with Gasteiger partial charge in [0.25, 0.3) is 0 Å². The summed E-state index contributed by atoms with van der Waals surface area (Å²) < 4.78 is 0. The Morgan fingerprint density at radius 3 is 2.57 bits per heavy atom. The van der Waals surface area contributed by atoms with Gasteiger partial charge in [-0.3, -0.25) is 4.79 Å². The number of carbonyl (C=O) groups excluding carboxylic acids is 1. The molecule has 1 fully saturated rings. The highest BCUT2D eigenvalue weighted by molar-refractivity contribution is 5.79. The fourth-order valence-electron chi connectivity index (χ4n) is 2.81. The summed E-state index contributed by atoms with van der Waals surface area (Å²) in [5.41, 5.74) is 7.19. The summed E-state index contributed by atoms with van der Waals surface area (Å²) in [6.45, 7) is 5.88. The first kappa shape index (κ1) is 16.0. The molecule has 1 heterocycles. The van der Waals surface area contributed by atoms with Crippen molar-refractivity contribution in [2.45, 2.75) is 32.2 Å². The van der Waals surface area contributed by atoms with Crippen LogP contribution in [0.2, 0.25) is 0 Å². The molecule has 1 aliphatic heterocycles. The van der Waals surface area contributed by atoms with Gasteiger partial charge in [0.15, 0.2) is 0 Å². The van der Waals surface area contributed by atoms with Crippen molar-refractivity contribution in [3.63, 3.8) is 0 Å². The molecular weight excluding hydrogens is 262 g/mol. The van der Waals surface area contributed by atoms with Crippen molar-refractivity contribution in [1.82, 2.24) is 10.2 Å². The number of piperidine rings is 1. The Balaban J connectivity index is 1.74. The highest BCUT2D eigenvalue weighted by Gasteiger charge is 2.21. The van der Waals surface area contributed by atoms with Crippen LogP contribution in [0.4, 0.5) is 0 Å². The van der Waals surface area contributed by atoms with E-state index in [0.29, 0.717) is 6.54 Å². The van der Waals surface area contributed by atoms with E-state index < -0.39 is 0 Å². The first-order valence-corrected chi connectivity index (χ1v) is 7.99. The van der Waals surface area contributed by atoms with Crippen LogP contribution in [0.3, 0.4) is 0 Å². The van der Waals surface area contributed by atoms with Crippen LogP contribution >= 0.6 is 0 Å².